The largest absolute Gasteiger partial charge is 0.497 e. The van der Waals surface area contributed by atoms with Crippen LogP contribution in [0.25, 0.3) is 0 Å². The van der Waals surface area contributed by atoms with Crippen LogP contribution in [-0.2, 0) is 16.3 Å². The van der Waals surface area contributed by atoms with Gasteiger partial charge in [-0.2, -0.15) is 0 Å². The van der Waals surface area contributed by atoms with Crippen LogP contribution in [-0.4, -0.2) is 39.6 Å². The van der Waals surface area contributed by atoms with E-state index in [-0.39, 0.29) is 5.92 Å². The molecule has 1 N–H and O–H groups in total. The molecule has 0 spiro atoms. The van der Waals surface area contributed by atoms with Gasteiger partial charge in [-0.05, 0) is 49.9 Å². The maximum atomic E-state index is 11.4. The van der Waals surface area contributed by atoms with E-state index in [9.17, 15) is 8.42 Å². The first-order chi connectivity index (χ1) is 9.48. The summed E-state index contributed by atoms with van der Waals surface area (Å²) >= 11 is 0. The molecule has 1 aliphatic rings. The van der Waals surface area contributed by atoms with Gasteiger partial charge in [0.1, 0.15) is 5.75 Å². The number of rotatable bonds is 6. The van der Waals surface area contributed by atoms with E-state index in [2.05, 4.69) is 24.4 Å². The van der Waals surface area contributed by atoms with Crippen molar-refractivity contribution in [3.8, 4) is 5.75 Å². The molecular weight excluding hydrogens is 274 g/mol. The van der Waals surface area contributed by atoms with E-state index in [1.807, 2.05) is 12.1 Å². The van der Waals surface area contributed by atoms with E-state index in [0.717, 1.165) is 25.1 Å². The Morgan fingerprint density at radius 3 is 2.60 bits per heavy atom. The quantitative estimate of drug-likeness (QED) is 0.867. The van der Waals surface area contributed by atoms with Gasteiger partial charge in [-0.15, -0.1) is 0 Å². The van der Waals surface area contributed by atoms with Crippen molar-refractivity contribution in [1.29, 1.82) is 0 Å². The van der Waals surface area contributed by atoms with Crippen molar-refractivity contribution in [2.75, 3.05) is 25.2 Å². The van der Waals surface area contributed by atoms with Gasteiger partial charge in [0.05, 0.1) is 18.6 Å². The molecular formula is C15H23NO3S. The summed E-state index contributed by atoms with van der Waals surface area (Å²) in [7, 11) is -1.10. The highest BCUT2D eigenvalue weighted by Gasteiger charge is 2.27. The lowest BCUT2D eigenvalue weighted by atomic mass is 10.1. The maximum absolute atomic E-state index is 11.4. The van der Waals surface area contributed by atoms with Crippen LogP contribution in [0.2, 0.25) is 0 Å². The van der Waals surface area contributed by atoms with Crippen LogP contribution in [0, 0.1) is 5.92 Å². The number of ether oxygens (including phenoxy) is 1. The smallest absolute Gasteiger partial charge is 0.150 e. The van der Waals surface area contributed by atoms with Crippen LogP contribution < -0.4 is 10.1 Å². The van der Waals surface area contributed by atoms with Crippen molar-refractivity contribution >= 4 is 9.84 Å². The first-order valence-electron chi connectivity index (χ1n) is 7.05. The van der Waals surface area contributed by atoms with E-state index in [4.69, 9.17) is 4.74 Å². The summed E-state index contributed by atoms with van der Waals surface area (Å²) < 4.78 is 27.9. The number of methoxy groups -OCH3 is 1. The third-order valence-electron chi connectivity index (χ3n) is 3.78. The minimum atomic E-state index is -2.76. The van der Waals surface area contributed by atoms with Gasteiger partial charge in [-0.25, -0.2) is 8.42 Å². The molecule has 2 unspecified atom stereocenters. The molecule has 2 atom stereocenters. The van der Waals surface area contributed by atoms with Gasteiger partial charge >= 0.3 is 0 Å². The number of benzene rings is 1. The van der Waals surface area contributed by atoms with Gasteiger partial charge in [0.2, 0.25) is 0 Å². The lowest BCUT2D eigenvalue weighted by molar-refractivity contribution is 0.414. The zero-order valence-electron chi connectivity index (χ0n) is 12.1. The van der Waals surface area contributed by atoms with Gasteiger partial charge in [0.15, 0.2) is 9.84 Å². The molecule has 1 aromatic rings. The molecule has 5 heteroatoms. The molecule has 0 saturated carbocycles. The van der Waals surface area contributed by atoms with E-state index >= 15 is 0 Å². The standard InChI is InChI=1S/C15H23NO3S/c1-12(9-13-3-5-15(19-2)6-4-13)16-10-14-7-8-20(17,18)11-14/h3-6,12,14,16H,7-11H2,1-2H3. The fourth-order valence-corrected chi connectivity index (χ4v) is 4.45. The summed E-state index contributed by atoms with van der Waals surface area (Å²) in [6.45, 7) is 2.92. The average molecular weight is 297 g/mol. The highest BCUT2D eigenvalue weighted by Crippen LogP contribution is 2.18. The van der Waals surface area contributed by atoms with Crippen LogP contribution in [0.4, 0.5) is 0 Å². The van der Waals surface area contributed by atoms with Crippen molar-refractivity contribution < 1.29 is 13.2 Å². The van der Waals surface area contributed by atoms with Gasteiger partial charge in [0, 0.05) is 6.04 Å². The van der Waals surface area contributed by atoms with E-state index in [1.165, 1.54) is 5.56 Å². The van der Waals surface area contributed by atoms with Gasteiger partial charge in [0.25, 0.3) is 0 Å². The second-order valence-electron chi connectivity index (χ2n) is 5.63. The lowest BCUT2D eigenvalue weighted by Gasteiger charge is -2.16. The van der Waals surface area contributed by atoms with Crippen LogP contribution in [0.15, 0.2) is 24.3 Å². The highest BCUT2D eigenvalue weighted by atomic mass is 32.2. The third kappa shape index (κ3) is 4.49. The number of hydrogen-bond donors (Lipinski definition) is 1. The minimum Gasteiger partial charge on any atom is -0.497 e. The molecule has 0 amide bonds. The molecule has 0 aromatic heterocycles. The molecule has 1 heterocycles. The van der Waals surface area contributed by atoms with E-state index in [1.54, 1.807) is 7.11 Å². The average Bonchev–Trinajstić information content (AvgIpc) is 2.77. The number of sulfone groups is 1. The summed E-state index contributed by atoms with van der Waals surface area (Å²) in [5, 5.41) is 3.44. The molecule has 0 bridgehead atoms. The Morgan fingerprint density at radius 1 is 1.35 bits per heavy atom. The molecule has 20 heavy (non-hydrogen) atoms. The molecule has 0 radical (unpaired) electrons. The molecule has 112 valence electrons. The van der Waals surface area contributed by atoms with E-state index in [0.29, 0.717) is 17.5 Å². The molecule has 0 aliphatic carbocycles. The van der Waals surface area contributed by atoms with Gasteiger partial charge in [-0.3, -0.25) is 0 Å². The van der Waals surface area contributed by atoms with Gasteiger partial charge in [-0.1, -0.05) is 12.1 Å². The Bertz CT molecular complexity index is 525. The molecule has 1 fully saturated rings. The van der Waals surface area contributed by atoms with Crippen molar-refractivity contribution in [1.82, 2.24) is 5.32 Å². The Morgan fingerprint density at radius 2 is 2.05 bits per heavy atom. The van der Waals surface area contributed by atoms with Crippen molar-refractivity contribution in [2.24, 2.45) is 5.92 Å². The molecule has 1 aliphatic heterocycles. The predicted molar refractivity (Wildman–Crippen MR) is 80.9 cm³/mol. The zero-order valence-corrected chi connectivity index (χ0v) is 12.9. The molecule has 2 rings (SSSR count). The second-order valence-corrected chi connectivity index (χ2v) is 7.86. The first kappa shape index (κ1) is 15.3. The molecule has 4 nitrogen and oxygen atoms in total. The SMILES string of the molecule is COc1ccc(CC(C)NCC2CCS(=O)(=O)C2)cc1. The normalized spacial score (nSPS) is 22.6. The topological polar surface area (TPSA) is 55.4 Å². The number of hydrogen-bond acceptors (Lipinski definition) is 4. The van der Waals surface area contributed by atoms with Crippen molar-refractivity contribution in [2.45, 2.75) is 25.8 Å². The predicted octanol–water partition coefficient (Wildman–Crippen LogP) is 1.65. The van der Waals surface area contributed by atoms with Crippen LogP contribution in [0.5, 0.6) is 5.75 Å². The van der Waals surface area contributed by atoms with Crippen LogP contribution in [0.3, 0.4) is 0 Å². The summed E-state index contributed by atoms with van der Waals surface area (Å²) in [4.78, 5) is 0. The lowest BCUT2D eigenvalue weighted by Crippen LogP contribution is -2.33. The number of nitrogens with one attached hydrogen (secondary N) is 1. The third-order valence-corrected chi connectivity index (χ3v) is 5.62. The monoisotopic (exact) mass is 297 g/mol. The fourth-order valence-electron chi connectivity index (χ4n) is 2.59. The Balaban J connectivity index is 1.76. The fraction of sp³-hybridized carbons (Fsp3) is 0.600. The van der Waals surface area contributed by atoms with E-state index < -0.39 is 9.84 Å². The Kier molecular flexibility index (Phi) is 5.05. The van der Waals surface area contributed by atoms with Crippen molar-refractivity contribution in [3.63, 3.8) is 0 Å². The zero-order chi connectivity index (χ0) is 14.6. The highest BCUT2D eigenvalue weighted by molar-refractivity contribution is 7.91. The maximum Gasteiger partial charge on any atom is 0.150 e. The summed E-state index contributed by atoms with van der Waals surface area (Å²) in [5.74, 6) is 1.84. The molecule has 1 aromatic carbocycles. The Labute approximate surface area is 121 Å². The van der Waals surface area contributed by atoms with Crippen LogP contribution >= 0.6 is 0 Å². The summed E-state index contributed by atoms with van der Waals surface area (Å²) in [6, 6.07) is 8.40. The first-order valence-corrected chi connectivity index (χ1v) is 8.87. The summed E-state index contributed by atoms with van der Waals surface area (Å²) in [5.41, 5.74) is 1.25. The van der Waals surface area contributed by atoms with Gasteiger partial charge < -0.3 is 10.1 Å². The summed E-state index contributed by atoms with van der Waals surface area (Å²) in [6.07, 6.45) is 1.73. The Hall–Kier alpha value is -1.07. The van der Waals surface area contributed by atoms with Crippen LogP contribution in [0.1, 0.15) is 18.9 Å². The molecule has 1 saturated heterocycles. The minimum absolute atomic E-state index is 0.276. The van der Waals surface area contributed by atoms with Crippen molar-refractivity contribution in [3.05, 3.63) is 29.8 Å². The second kappa shape index (κ2) is 6.59.